The van der Waals surface area contributed by atoms with Crippen LogP contribution < -0.4 is 10.6 Å². The van der Waals surface area contributed by atoms with E-state index in [9.17, 15) is 22.8 Å². The van der Waals surface area contributed by atoms with Crippen LogP contribution in [0.5, 0.6) is 0 Å². The Labute approximate surface area is 202 Å². The summed E-state index contributed by atoms with van der Waals surface area (Å²) in [5, 5.41) is 24.5. The summed E-state index contributed by atoms with van der Waals surface area (Å²) >= 11 is 0. The molecule has 2 N–H and O–H groups in total. The van der Waals surface area contributed by atoms with Gasteiger partial charge in [0.25, 0.3) is 0 Å². The third-order valence-electron chi connectivity index (χ3n) is 5.69. The number of hydrogen-bond acceptors (Lipinski definition) is 7. The Bertz CT molecular complexity index is 1420. The largest absolute Gasteiger partial charge is 0.462 e. The maximum atomic E-state index is 13.4. The zero-order chi connectivity index (χ0) is 26.0. The summed E-state index contributed by atoms with van der Waals surface area (Å²) in [5.41, 5.74) is -0.594. The van der Waals surface area contributed by atoms with Gasteiger partial charge in [-0.3, -0.25) is 4.90 Å². The van der Waals surface area contributed by atoms with Crippen molar-refractivity contribution in [2.45, 2.75) is 25.6 Å². The molecule has 0 spiro atoms. The summed E-state index contributed by atoms with van der Waals surface area (Å²) in [4.78, 5) is 27.4. The van der Waals surface area contributed by atoms with E-state index in [0.717, 1.165) is 16.7 Å². The maximum Gasteiger partial charge on any atom is 0.416 e. The maximum absolute atomic E-state index is 13.4. The number of nitrogens with one attached hydrogen (secondary N) is 1. The number of carbonyl (C=O) groups excluding carboxylic acids is 1. The molecule has 0 radical (unpaired) electrons. The number of carbonyl (C=O) groups is 1. The summed E-state index contributed by atoms with van der Waals surface area (Å²) < 4.78 is 46.8. The molecule has 0 saturated carbocycles. The Hall–Kier alpha value is -4.37. The van der Waals surface area contributed by atoms with Crippen molar-refractivity contribution in [1.82, 2.24) is 14.8 Å². The highest BCUT2D eigenvalue weighted by Crippen LogP contribution is 2.42. The van der Waals surface area contributed by atoms with E-state index in [-0.39, 0.29) is 42.5 Å². The van der Waals surface area contributed by atoms with Gasteiger partial charge in [-0.2, -0.15) is 18.4 Å². The highest BCUT2D eigenvalue weighted by atomic mass is 19.4. The molecule has 0 bridgehead atoms. The second-order valence-corrected chi connectivity index (χ2v) is 7.93. The predicted molar refractivity (Wildman–Crippen MR) is 121 cm³/mol. The second-order valence-electron chi connectivity index (χ2n) is 7.93. The number of esters is 1. The van der Waals surface area contributed by atoms with Crippen LogP contribution in [0.2, 0.25) is 0 Å². The van der Waals surface area contributed by atoms with Crippen LogP contribution in [-0.2, 0) is 15.7 Å². The first-order valence-electron chi connectivity index (χ1n) is 10.8. The molecule has 186 valence electrons. The Kier molecular flexibility index (Phi) is 6.67. The molecule has 2 heterocycles. The number of H-pyrrole nitrogens is 1. The van der Waals surface area contributed by atoms with Gasteiger partial charge >= 0.3 is 17.8 Å². The molecule has 12 heteroatoms. The summed E-state index contributed by atoms with van der Waals surface area (Å²) in [6, 6.07) is 11.5. The number of aliphatic hydroxyl groups excluding tert-OH is 1. The SMILES string of the molecule is CC1=C(C(=O)OCCCO)[C@@H](c2ccc(C#N)cc2)n2c(n[nH]c2=O)N1c1cccc(C(F)(F)F)c1. The number of aromatic amines is 1. The van der Waals surface area contributed by atoms with Crippen molar-refractivity contribution in [2.24, 2.45) is 0 Å². The fourth-order valence-corrected chi connectivity index (χ4v) is 4.04. The second kappa shape index (κ2) is 9.71. The van der Waals surface area contributed by atoms with Crippen molar-refractivity contribution >= 4 is 17.6 Å². The van der Waals surface area contributed by atoms with Gasteiger partial charge in [0.15, 0.2) is 0 Å². The van der Waals surface area contributed by atoms with Crippen molar-refractivity contribution in [3.8, 4) is 6.07 Å². The van der Waals surface area contributed by atoms with E-state index in [1.165, 1.54) is 36.1 Å². The molecule has 4 rings (SSSR count). The van der Waals surface area contributed by atoms with Crippen molar-refractivity contribution in [3.05, 3.63) is 87.0 Å². The minimum atomic E-state index is -4.62. The molecule has 9 nitrogen and oxygen atoms in total. The Morgan fingerprint density at radius 3 is 2.61 bits per heavy atom. The van der Waals surface area contributed by atoms with Gasteiger partial charge in [-0.05, 0) is 42.8 Å². The summed E-state index contributed by atoms with van der Waals surface area (Å²) in [6.45, 7) is 1.19. The van der Waals surface area contributed by atoms with Crippen LogP contribution >= 0.6 is 0 Å². The number of ether oxygens (including phenoxy) is 1. The smallest absolute Gasteiger partial charge is 0.416 e. The molecule has 0 amide bonds. The number of allylic oxidation sites excluding steroid dienone is 1. The van der Waals surface area contributed by atoms with E-state index in [4.69, 9.17) is 15.1 Å². The van der Waals surface area contributed by atoms with E-state index in [2.05, 4.69) is 10.2 Å². The zero-order valence-corrected chi connectivity index (χ0v) is 18.9. The van der Waals surface area contributed by atoms with Crippen LogP contribution in [0.25, 0.3) is 0 Å². The molecular formula is C24H20F3N5O4. The van der Waals surface area contributed by atoms with Crippen molar-refractivity contribution in [3.63, 3.8) is 0 Å². The minimum Gasteiger partial charge on any atom is -0.462 e. The number of rotatable bonds is 6. The van der Waals surface area contributed by atoms with Crippen LogP contribution in [0.3, 0.4) is 0 Å². The molecule has 1 atom stereocenters. The summed E-state index contributed by atoms with van der Waals surface area (Å²) in [5.74, 6) is -0.843. The number of nitriles is 1. The Morgan fingerprint density at radius 1 is 1.25 bits per heavy atom. The molecule has 0 fully saturated rings. The molecule has 3 aromatic rings. The first-order valence-corrected chi connectivity index (χ1v) is 10.8. The van der Waals surface area contributed by atoms with Crippen LogP contribution in [0, 0.1) is 11.3 Å². The third-order valence-corrected chi connectivity index (χ3v) is 5.69. The molecule has 36 heavy (non-hydrogen) atoms. The van der Waals surface area contributed by atoms with Gasteiger partial charge < -0.3 is 9.84 Å². The molecule has 2 aromatic carbocycles. The lowest BCUT2D eigenvalue weighted by molar-refractivity contribution is -0.140. The fourth-order valence-electron chi connectivity index (χ4n) is 4.04. The lowest BCUT2D eigenvalue weighted by Gasteiger charge is -2.35. The van der Waals surface area contributed by atoms with Gasteiger partial charge in [-0.25, -0.2) is 19.3 Å². The lowest BCUT2D eigenvalue weighted by atomic mass is 9.93. The minimum absolute atomic E-state index is 0.00828. The van der Waals surface area contributed by atoms with Gasteiger partial charge in [0.2, 0.25) is 5.95 Å². The molecule has 0 aliphatic carbocycles. The fraction of sp³-hybridized carbons (Fsp3) is 0.250. The van der Waals surface area contributed by atoms with Gasteiger partial charge in [-0.15, -0.1) is 5.10 Å². The number of anilines is 2. The average molecular weight is 499 g/mol. The van der Waals surface area contributed by atoms with Crippen LogP contribution in [0.1, 0.15) is 36.1 Å². The van der Waals surface area contributed by atoms with Crippen molar-refractivity contribution in [2.75, 3.05) is 18.1 Å². The van der Waals surface area contributed by atoms with Crippen LogP contribution in [0.15, 0.2) is 64.6 Å². The predicted octanol–water partition coefficient (Wildman–Crippen LogP) is 3.40. The molecule has 0 unspecified atom stereocenters. The highest BCUT2D eigenvalue weighted by molar-refractivity contribution is 5.93. The molecule has 0 saturated heterocycles. The standard InChI is InChI=1S/C24H20F3N5O4/c1-14-19(21(34)36-11-3-10-33)20(16-8-6-15(13-28)7-9-16)32-22(29-30-23(32)35)31(14)18-5-2-4-17(12-18)24(25,26)27/h2,4-9,12,20,33H,3,10-11H2,1H3,(H,30,35)/t20-/m1/s1. The van der Waals surface area contributed by atoms with E-state index < -0.39 is 29.4 Å². The molecule has 1 aliphatic rings. The number of nitrogens with zero attached hydrogens (tertiary/aromatic N) is 4. The van der Waals surface area contributed by atoms with Crippen LogP contribution in [-0.4, -0.2) is 39.1 Å². The number of hydrogen-bond donors (Lipinski definition) is 2. The first-order chi connectivity index (χ1) is 17.2. The Balaban J connectivity index is 1.94. The van der Waals surface area contributed by atoms with Gasteiger partial charge in [0.1, 0.15) is 6.04 Å². The topological polar surface area (TPSA) is 124 Å². The highest BCUT2D eigenvalue weighted by Gasteiger charge is 2.40. The van der Waals surface area contributed by atoms with E-state index in [1.807, 2.05) is 6.07 Å². The van der Waals surface area contributed by atoms with Gasteiger partial charge in [0.05, 0.1) is 29.4 Å². The van der Waals surface area contributed by atoms with Crippen LogP contribution in [0.4, 0.5) is 24.8 Å². The Morgan fingerprint density at radius 2 is 1.97 bits per heavy atom. The molecule has 1 aromatic heterocycles. The number of aliphatic hydroxyl groups is 1. The van der Waals surface area contributed by atoms with Crippen molar-refractivity contribution in [1.29, 1.82) is 5.26 Å². The third kappa shape index (κ3) is 4.48. The number of benzene rings is 2. The zero-order valence-electron chi connectivity index (χ0n) is 18.9. The van der Waals surface area contributed by atoms with E-state index in [1.54, 1.807) is 12.1 Å². The first kappa shape index (κ1) is 24.7. The monoisotopic (exact) mass is 499 g/mol. The van der Waals surface area contributed by atoms with Gasteiger partial charge in [0, 0.05) is 24.4 Å². The molecule has 1 aliphatic heterocycles. The van der Waals surface area contributed by atoms with Crippen molar-refractivity contribution < 1.29 is 27.8 Å². The quantitative estimate of drug-likeness (QED) is 0.394. The lowest BCUT2D eigenvalue weighted by Crippen LogP contribution is -2.38. The number of halogens is 3. The van der Waals surface area contributed by atoms with E-state index in [0.29, 0.717) is 11.1 Å². The number of alkyl halides is 3. The summed E-state index contributed by atoms with van der Waals surface area (Å²) in [6.07, 6.45) is -4.44. The normalized spacial score (nSPS) is 15.4. The average Bonchev–Trinajstić information content (AvgIpc) is 3.23. The summed E-state index contributed by atoms with van der Waals surface area (Å²) in [7, 11) is 0. The van der Waals surface area contributed by atoms with E-state index >= 15 is 0 Å². The van der Waals surface area contributed by atoms with Gasteiger partial charge in [-0.1, -0.05) is 18.2 Å². The number of fused-ring (bicyclic) bond motifs is 1. The molecular weight excluding hydrogens is 479 g/mol. The number of aromatic nitrogens is 3.